The van der Waals surface area contributed by atoms with Crippen LogP contribution in [0.5, 0.6) is 5.75 Å². The van der Waals surface area contributed by atoms with Crippen molar-refractivity contribution in [2.45, 2.75) is 0 Å². The maximum absolute atomic E-state index is 6.85. The highest BCUT2D eigenvalue weighted by Crippen LogP contribution is 2.37. The summed E-state index contributed by atoms with van der Waals surface area (Å²) < 4.78 is 5.70. The van der Waals surface area contributed by atoms with Gasteiger partial charge in [0.15, 0.2) is 0 Å². The molecule has 0 saturated heterocycles. The second-order valence-electron chi connectivity index (χ2n) is 2.05. The van der Waals surface area contributed by atoms with Gasteiger partial charge in [-0.25, -0.2) is 4.85 Å². The molecule has 0 bridgehead atoms. The highest BCUT2D eigenvalue weighted by Gasteiger charge is 2.08. The molecule has 62 valence electrons. The molecule has 0 aromatic heterocycles. The zero-order valence-electron chi connectivity index (χ0n) is 6.27. The number of ether oxygens (including phenoxy) is 1. The molecule has 0 aliphatic rings. The van der Waals surface area contributed by atoms with E-state index in [-0.39, 0.29) is 0 Å². The summed E-state index contributed by atoms with van der Waals surface area (Å²) in [6, 6.07) is 3.26. The van der Waals surface area contributed by atoms with E-state index in [4.69, 9.17) is 22.9 Å². The third-order valence-electron chi connectivity index (χ3n) is 1.31. The zero-order chi connectivity index (χ0) is 9.14. The van der Waals surface area contributed by atoms with Crippen LogP contribution in [-0.4, -0.2) is 7.11 Å². The molecule has 0 saturated carbocycles. The average molecular weight is 246 g/mol. The van der Waals surface area contributed by atoms with Gasteiger partial charge < -0.3 is 4.74 Å². The Morgan fingerprint density at radius 1 is 1.58 bits per heavy atom. The van der Waals surface area contributed by atoms with Gasteiger partial charge in [0.25, 0.3) is 0 Å². The monoisotopic (exact) mass is 245 g/mol. The first-order chi connectivity index (χ1) is 5.69. The Morgan fingerprint density at radius 3 is 2.75 bits per heavy atom. The van der Waals surface area contributed by atoms with Crippen LogP contribution in [0.25, 0.3) is 4.85 Å². The Balaban J connectivity index is 3.36. The summed E-state index contributed by atoms with van der Waals surface area (Å²) in [5.74, 6) is 0.523. The van der Waals surface area contributed by atoms with Gasteiger partial charge in [-0.2, -0.15) is 0 Å². The molecule has 0 unspecified atom stereocenters. The molecule has 0 aliphatic carbocycles. The van der Waals surface area contributed by atoms with Crippen LogP contribution >= 0.6 is 27.5 Å². The van der Waals surface area contributed by atoms with Crippen molar-refractivity contribution < 1.29 is 4.74 Å². The maximum atomic E-state index is 6.85. The molecule has 1 rings (SSSR count). The van der Waals surface area contributed by atoms with Crippen molar-refractivity contribution in [1.82, 2.24) is 0 Å². The lowest BCUT2D eigenvalue weighted by atomic mass is 10.3. The molecule has 1 aromatic rings. The fourth-order valence-corrected chi connectivity index (χ4v) is 1.79. The molecule has 12 heavy (non-hydrogen) atoms. The van der Waals surface area contributed by atoms with Gasteiger partial charge in [0.1, 0.15) is 5.75 Å². The quantitative estimate of drug-likeness (QED) is 0.690. The van der Waals surface area contributed by atoms with Gasteiger partial charge in [0, 0.05) is 5.02 Å². The summed E-state index contributed by atoms with van der Waals surface area (Å²) in [5, 5.41) is 0.522. The predicted octanol–water partition coefficient (Wildman–Crippen LogP) is 3.66. The number of nitrogens with zero attached hydrogens (tertiary/aromatic N) is 1. The topological polar surface area (TPSA) is 13.6 Å². The van der Waals surface area contributed by atoms with E-state index in [1.807, 2.05) is 0 Å². The molecule has 0 spiro atoms. The SMILES string of the molecule is [C-]#[N+]c1cc(Cl)cc(Br)c1OC. The third kappa shape index (κ3) is 1.71. The van der Waals surface area contributed by atoms with E-state index in [0.29, 0.717) is 20.9 Å². The summed E-state index contributed by atoms with van der Waals surface area (Å²) >= 11 is 8.98. The van der Waals surface area contributed by atoms with Crippen LogP contribution in [0.1, 0.15) is 0 Å². The van der Waals surface area contributed by atoms with E-state index in [9.17, 15) is 0 Å². The molecule has 0 amide bonds. The third-order valence-corrected chi connectivity index (χ3v) is 2.12. The molecule has 0 atom stereocenters. The first kappa shape index (κ1) is 9.37. The molecule has 0 radical (unpaired) electrons. The number of hydrogen-bond acceptors (Lipinski definition) is 1. The van der Waals surface area contributed by atoms with Crippen LogP contribution in [0.3, 0.4) is 0 Å². The van der Waals surface area contributed by atoms with Crippen molar-refractivity contribution in [2.24, 2.45) is 0 Å². The van der Waals surface area contributed by atoms with Gasteiger partial charge in [-0.1, -0.05) is 11.6 Å². The van der Waals surface area contributed by atoms with Crippen molar-refractivity contribution >= 4 is 33.2 Å². The Kier molecular flexibility index (Phi) is 2.96. The van der Waals surface area contributed by atoms with Crippen LogP contribution in [0.4, 0.5) is 5.69 Å². The van der Waals surface area contributed by atoms with Crippen molar-refractivity contribution in [3.63, 3.8) is 0 Å². The van der Waals surface area contributed by atoms with Gasteiger partial charge in [0.05, 0.1) is 18.2 Å². The summed E-state index contributed by atoms with van der Waals surface area (Å²) in [4.78, 5) is 3.27. The highest BCUT2D eigenvalue weighted by atomic mass is 79.9. The number of methoxy groups -OCH3 is 1. The number of hydrogen-bond donors (Lipinski definition) is 0. The molecule has 0 aliphatic heterocycles. The van der Waals surface area contributed by atoms with E-state index in [1.54, 1.807) is 12.1 Å². The molecule has 4 heteroatoms. The second-order valence-corrected chi connectivity index (χ2v) is 3.34. The zero-order valence-corrected chi connectivity index (χ0v) is 8.61. The van der Waals surface area contributed by atoms with E-state index in [0.717, 1.165) is 0 Å². The predicted molar refractivity (Wildman–Crippen MR) is 52.0 cm³/mol. The lowest BCUT2D eigenvalue weighted by Gasteiger charge is -2.05. The maximum Gasteiger partial charge on any atom is 0.230 e. The number of benzene rings is 1. The second kappa shape index (κ2) is 3.79. The van der Waals surface area contributed by atoms with Gasteiger partial charge in [-0.05, 0) is 28.1 Å². The van der Waals surface area contributed by atoms with Gasteiger partial charge >= 0.3 is 0 Å². The number of rotatable bonds is 1. The van der Waals surface area contributed by atoms with Crippen LogP contribution < -0.4 is 4.74 Å². The molecule has 0 fully saturated rings. The van der Waals surface area contributed by atoms with E-state index in [2.05, 4.69) is 20.8 Å². The van der Waals surface area contributed by atoms with Gasteiger partial charge in [-0.3, -0.25) is 0 Å². The first-order valence-corrected chi connectivity index (χ1v) is 4.26. The molecular weight excluding hydrogens is 241 g/mol. The Morgan fingerprint density at radius 2 is 2.25 bits per heavy atom. The fraction of sp³-hybridized carbons (Fsp3) is 0.125. The van der Waals surface area contributed by atoms with Crippen LogP contribution in [0.15, 0.2) is 16.6 Å². The van der Waals surface area contributed by atoms with Gasteiger partial charge in [-0.15, -0.1) is 0 Å². The lowest BCUT2D eigenvalue weighted by Crippen LogP contribution is -1.84. The van der Waals surface area contributed by atoms with Crippen LogP contribution in [0, 0.1) is 6.57 Å². The van der Waals surface area contributed by atoms with E-state index in [1.165, 1.54) is 7.11 Å². The minimum Gasteiger partial charge on any atom is -0.507 e. The molecule has 0 heterocycles. The Labute approximate surface area is 84.0 Å². The normalized spacial score (nSPS) is 9.17. The number of halogens is 2. The summed E-state index contributed by atoms with van der Waals surface area (Å²) in [6.45, 7) is 6.85. The molecule has 0 N–H and O–H groups in total. The van der Waals surface area contributed by atoms with Crippen LogP contribution in [0.2, 0.25) is 5.02 Å². The first-order valence-electron chi connectivity index (χ1n) is 3.09. The summed E-state index contributed by atoms with van der Waals surface area (Å²) in [5.41, 5.74) is 0.414. The average Bonchev–Trinajstić information content (AvgIpc) is 2.03. The lowest BCUT2D eigenvalue weighted by molar-refractivity contribution is 0.415. The highest BCUT2D eigenvalue weighted by molar-refractivity contribution is 9.10. The minimum atomic E-state index is 0.414. The van der Waals surface area contributed by atoms with E-state index < -0.39 is 0 Å². The Hall–Kier alpha value is -0.720. The van der Waals surface area contributed by atoms with Crippen molar-refractivity contribution in [3.05, 3.63) is 33.0 Å². The standard InChI is InChI=1S/C8H5BrClNO/c1-11-7-4-5(10)3-6(9)8(7)12-2/h3-4H,2H3. The van der Waals surface area contributed by atoms with Gasteiger partial charge in [0.2, 0.25) is 5.69 Å². The van der Waals surface area contributed by atoms with Crippen LogP contribution in [-0.2, 0) is 0 Å². The molecular formula is C8H5BrClNO. The van der Waals surface area contributed by atoms with Crippen molar-refractivity contribution in [3.8, 4) is 5.75 Å². The summed E-state index contributed by atoms with van der Waals surface area (Å²) in [7, 11) is 1.52. The molecule has 1 aromatic carbocycles. The van der Waals surface area contributed by atoms with Crippen molar-refractivity contribution in [1.29, 1.82) is 0 Å². The van der Waals surface area contributed by atoms with E-state index >= 15 is 0 Å². The Bertz CT molecular complexity index is 346. The fourth-order valence-electron chi connectivity index (χ4n) is 0.832. The summed E-state index contributed by atoms with van der Waals surface area (Å²) in [6.07, 6.45) is 0. The largest absolute Gasteiger partial charge is 0.507 e. The minimum absolute atomic E-state index is 0.414. The molecule has 2 nitrogen and oxygen atoms in total. The van der Waals surface area contributed by atoms with Crippen molar-refractivity contribution in [2.75, 3.05) is 7.11 Å². The smallest absolute Gasteiger partial charge is 0.230 e.